The molecule has 0 aliphatic heterocycles. The van der Waals surface area contributed by atoms with E-state index in [0.29, 0.717) is 22.2 Å². The normalized spacial score (nSPS) is 10.4. The van der Waals surface area contributed by atoms with E-state index in [-0.39, 0.29) is 12.1 Å². The fourth-order valence-corrected chi connectivity index (χ4v) is 2.70. The van der Waals surface area contributed by atoms with Gasteiger partial charge in [-0.2, -0.15) is 5.26 Å². The molecular formula is C19H15N3O3. The molecule has 25 heavy (non-hydrogen) atoms. The molecule has 0 unspecified atom stereocenters. The Balaban J connectivity index is 2.22. The van der Waals surface area contributed by atoms with E-state index in [0.717, 1.165) is 5.56 Å². The molecule has 0 fully saturated rings. The number of carbonyl (C=O) groups excluding carboxylic acids is 1. The molecule has 0 amide bonds. The third kappa shape index (κ3) is 2.95. The molecule has 124 valence electrons. The number of hydrogen-bond acceptors (Lipinski definition) is 5. The van der Waals surface area contributed by atoms with Crippen molar-refractivity contribution in [2.45, 2.75) is 6.54 Å². The zero-order valence-electron chi connectivity index (χ0n) is 13.5. The minimum absolute atomic E-state index is 0.0680. The van der Waals surface area contributed by atoms with Crippen molar-refractivity contribution in [1.82, 2.24) is 4.57 Å². The minimum atomic E-state index is -0.705. The second-order valence-electron chi connectivity index (χ2n) is 5.53. The number of aromatic nitrogens is 1. The van der Waals surface area contributed by atoms with Gasteiger partial charge in [-0.15, -0.1) is 0 Å². The molecule has 0 saturated heterocycles. The van der Waals surface area contributed by atoms with Gasteiger partial charge in [0.25, 0.3) is 5.56 Å². The topological polar surface area (TPSA) is 98.1 Å². The highest BCUT2D eigenvalue weighted by atomic mass is 16.5. The lowest BCUT2D eigenvalue weighted by Gasteiger charge is -2.13. The summed E-state index contributed by atoms with van der Waals surface area (Å²) in [7, 11) is 1.23. The molecule has 2 aromatic carbocycles. The molecule has 3 rings (SSSR count). The Bertz CT molecular complexity index is 1060. The number of hydrogen-bond donors (Lipinski definition) is 1. The molecule has 0 bridgehead atoms. The Labute approximate surface area is 143 Å². The fourth-order valence-electron chi connectivity index (χ4n) is 2.70. The Kier molecular flexibility index (Phi) is 4.23. The number of nitrogen functional groups attached to an aromatic ring is 1. The van der Waals surface area contributed by atoms with Crippen molar-refractivity contribution in [3.8, 4) is 6.07 Å². The molecule has 2 N–H and O–H groups in total. The van der Waals surface area contributed by atoms with Gasteiger partial charge in [-0.3, -0.25) is 4.79 Å². The minimum Gasteiger partial charge on any atom is -0.465 e. The molecule has 0 aliphatic carbocycles. The van der Waals surface area contributed by atoms with Crippen LogP contribution in [0.15, 0.2) is 53.3 Å². The first-order valence-corrected chi connectivity index (χ1v) is 7.54. The number of nitrogens with zero attached hydrogens (tertiary/aromatic N) is 2. The van der Waals surface area contributed by atoms with Crippen LogP contribution >= 0.6 is 0 Å². The third-order valence-corrected chi connectivity index (χ3v) is 4.00. The maximum Gasteiger partial charge on any atom is 0.343 e. The van der Waals surface area contributed by atoms with Crippen LogP contribution in [0.1, 0.15) is 21.5 Å². The lowest BCUT2D eigenvalue weighted by molar-refractivity contribution is 0.0598. The Morgan fingerprint density at radius 3 is 2.60 bits per heavy atom. The third-order valence-electron chi connectivity index (χ3n) is 4.00. The summed E-state index contributed by atoms with van der Waals surface area (Å²) in [5.41, 5.74) is 7.95. The van der Waals surface area contributed by atoms with Crippen molar-refractivity contribution >= 4 is 22.6 Å². The summed E-state index contributed by atoms with van der Waals surface area (Å²) in [6.07, 6.45) is 0. The van der Waals surface area contributed by atoms with Gasteiger partial charge in [-0.25, -0.2) is 4.79 Å². The first-order chi connectivity index (χ1) is 12.0. The van der Waals surface area contributed by atoms with Gasteiger partial charge < -0.3 is 15.0 Å². The van der Waals surface area contributed by atoms with E-state index in [1.54, 1.807) is 42.5 Å². The summed E-state index contributed by atoms with van der Waals surface area (Å²) in [6.45, 7) is 0.245. The molecule has 1 heterocycles. The van der Waals surface area contributed by atoms with E-state index in [1.807, 2.05) is 0 Å². The van der Waals surface area contributed by atoms with Crippen LogP contribution in [0.2, 0.25) is 0 Å². The second kappa shape index (κ2) is 6.49. The average Bonchev–Trinajstić information content (AvgIpc) is 2.64. The molecule has 0 radical (unpaired) electrons. The average molecular weight is 333 g/mol. The van der Waals surface area contributed by atoms with Gasteiger partial charge in [0.15, 0.2) is 0 Å². The molecular weight excluding hydrogens is 318 g/mol. The van der Waals surface area contributed by atoms with Gasteiger partial charge in [0.1, 0.15) is 5.56 Å². The summed E-state index contributed by atoms with van der Waals surface area (Å²) < 4.78 is 6.20. The van der Waals surface area contributed by atoms with Gasteiger partial charge in [0, 0.05) is 11.1 Å². The number of rotatable bonds is 3. The van der Waals surface area contributed by atoms with E-state index in [4.69, 9.17) is 15.7 Å². The van der Waals surface area contributed by atoms with Gasteiger partial charge in [0.2, 0.25) is 0 Å². The van der Waals surface area contributed by atoms with Gasteiger partial charge in [0.05, 0.1) is 30.8 Å². The van der Waals surface area contributed by atoms with Crippen LogP contribution in [0.4, 0.5) is 5.69 Å². The number of fused-ring (bicyclic) bond motifs is 1. The lowest BCUT2D eigenvalue weighted by atomic mass is 10.1. The summed E-state index contributed by atoms with van der Waals surface area (Å²) in [5, 5.41) is 9.50. The number of carbonyl (C=O) groups is 1. The molecule has 1 aromatic heterocycles. The van der Waals surface area contributed by atoms with Crippen LogP contribution in [-0.4, -0.2) is 17.6 Å². The maximum atomic E-state index is 12.8. The number of anilines is 1. The van der Waals surface area contributed by atoms with Gasteiger partial charge in [-0.05, 0) is 35.9 Å². The van der Waals surface area contributed by atoms with Crippen LogP contribution in [0, 0.1) is 11.3 Å². The molecule has 3 aromatic rings. The van der Waals surface area contributed by atoms with Crippen LogP contribution in [-0.2, 0) is 11.3 Å². The monoisotopic (exact) mass is 333 g/mol. The number of pyridine rings is 1. The number of ether oxygens (including phenoxy) is 1. The number of esters is 1. The van der Waals surface area contributed by atoms with Gasteiger partial charge >= 0.3 is 5.97 Å². The van der Waals surface area contributed by atoms with Crippen molar-refractivity contribution in [2.24, 2.45) is 0 Å². The van der Waals surface area contributed by atoms with E-state index in [2.05, 4.69) is 6.07 Å². The van der Waals surface area contributed by atoms with Crippen LogP contribution in [0.3, 0.4) is 0 Å². The van der Waals surface area contributed by atoms with E-state index in [9.17, 15) is 9.59 Å². The molecule has 0 spiro atoms. The van der Waals surface area contributed by atoms with Crippen molar-refractivity contribution in [1.29, 1.82) is 5.26 Å². The maximum absolute atomic E-state index is 12.8. The molecule has 6 nitrogen and oxygen atoms in total. The van der Waals surface area contributed by atoms with Crippen molar-refractivity contribution in [2.75, 3.05) is 12.8 Å². The smallest absolute Gasteiger partial charge is 0.343 e. The first kappa shape index (κ1) is 16.3. The van der Waals surface area contributed by atoms with Crippen molar-refractivity contribution in [3.63, 3.8) is 0 Å². The summed E-state index contributed by atoms with van der Waals surface area (Å²) in [5.74, 6) is -0.705. The molecule has 0 saturated carbocycles. The summed E-state index contributed by atoms with van der Waals surface area (Å²) >= 11 is 0. The predicted octanol–water partition coefficient (Wildman–Crippen LogP) is 2.29. The van der Waals surface area contributed by atoms with E-state index < -0.39 is 11.5 Å². The Morgan fingerprint density at radius 1 is 1.24 bits per heavy atom. The predicted molar refractivity (Wildman–Crippen MR) is 94.2 cm³/mol. The highest BCUT2D eigenvalue weighted by Crippen LogP contribution is 2.21. The highest BCUT2D eigenvalue weighted by molar-refractivity contribution is 5.97. The zero-order valence-corrected chi connectivity index (χ0v) is 13.5. The fraction of sp³-hybridized carbons (Fsp3) is 0.105. The number of benzene rings is 2. The van der Waals surface area contributed by atoms with Crippen molar-refractivity contribution in [3.05, 3.63) is 75.6 Å². The van der Waals surface area contributed by atoms with Crippen LogP contribution in [0.5, 0.6) is 0 Å². The number of nitriles is 1. The highest BCUT2D eigenvalue weighted by Gasteiger charge is 2.17. The summed E-state index contributed by atoms with van der Waals surface area (Å²) in [4.78, 5) is 24.8. The Hall–Kier alpha value is -3.59. The first-order valence-electron chi connectivity index (χ1n) is 7.54. The van der Waals surface area contributed by atoms with E-state index >= 15 is 0 Å². The second-order valence-corrected chi connectivity index (χ2v) is 5.53. The van der Waals surface area contributed by atoms with Crippen LogP contribution < -0.4 is 11.3 Å². The lowest BCUT2D eigenvalue weighted by Crippen LogP contribution is -2.28. The molecule has 0 aliphatic rings. The van der Waals surface area contributed by atoms with E-state index in [1.165, 1.54) is 17.7 Å². The number of methoxy groups -OCH3 is 1. The van der Waals surface area contributed by atoms with Crippen LogP contribution in [0.25, 0.3) is 10.9 Å². The SMILES string of the molecule is COC(=O)c1cc2c(N)cccc2n(Cc2ccc(C#N)cc2)c1=O. The largest absolute Gasteiger partial charge is 0.465 e. The standard InChI is InChI=1S/C19H15N3O3/c1-25-19(24)15-9-14-16(21)3-2-4-17(14)22(18(15)23)11-13-7-5-12(10-20)6-8-13/h2-9H,11,21H2,1H3. The molecule has 0 atom stereocenters. The number of nitrogens with two attached hydrogens (primary N) is 1. The molecule has 6 heteroatoms. The quantitative estimate of drug-likeness (QED) is 0.586. The zero-order chi connectivity index (χ0) is 18.0. The van der Waals surface area contributed by atoms with Crippen molar-refractivity contribution < 1.29 is 9.53 Å². The summed E-state index contributed by atoms with van der Waals surface area (Å²) in [6, 6.07) is 15.7. The van der Waals surface area contributed by atoms with Gasteiger partial charge in [-0.1, -0.05) is 18.2 Å². The Morgan fingerprint density at radius 2 is 1.96 bits per heavy atom.